The van der Waals surface area contributed by atoms with E-state index in [-0.39, 0.29) is 11.1 Å². The smallest absolute Gasteiger partial charge is 0.267 e. The van der Waals surface area contributed by atoms with Crippen LogP contribution >= 0.6 is 11.6 Å². The molecule has 0 aromatic heterocycles. The molecule has 4 nitrogen and oxygen atoms in total. The number of hydrogen-bond acceptors (Lipinski definition) is 2. The molecule has 2 rings (SSSR count). The lowest BCUT2D eigenvalue weighted by atomic mass is 10.2. The summed E-state index contributed by atoms with van der Waals surface area (Å²) < 4.78 is 26.1. The lowest BCUT2D eigenvalue weighted by Gasteiger charge is -2.08. The molecular formula is C14H9ClF2N2O2. The number of amides is 2. The molecule has 0 bridgehead atoms. The summed E-state index contributed by atoms with van der Waals surface area (Å²) in [6, 6.07) is 8.55. The van der Waals surface area contributed by atoms with Gasteiger partial charge in [0.25, 0.3) is 11.8 Å². The van der Waals surface area contributed by atoms with Crippen LogP contribution in [0.1, 0.15) is 20.7 Å². The van der Waals surface area contributed by atoms with Gasteiger partial charge in [-0.2, -0.15) is 0 Å². The largest absolute Gasteiger partial charge is 0.272 e. The topological polar surface area (TPSA) is 58.2 Å². The zero-order valence-electron chi connectivity index (χ0n) is 10.5. The van der Waals surface area contributed by atoms with Crippen molar-refractivity contribution in [2.24, 2.45) is 0 Å². The van der Waals surface area contributed by atoms with E-state index in [9.17, 15) is 18.4 Å². The molecule has 0 radical (unpaired) electrons. The van der Waals surface area contributed by atoms with Crippen molar-refractivity contribution in [2.75, 3.05) is 0 Å². The van der Waals surface area contributed by atoms with E-state index < -0.39 is 23.4 Å². The second-order valence-corrected chi connectivity index (χ2v) is 4.48. The summed E-state index contributed by atoms with van der Waals surface area (Å²) in [5.41, 5.74) is 3.98. The van der Waals surface area contributed by atoms with Crippen LogP contribution in [0.4, 0.5) is 8.78 Å². The molecule has 2 aromatic rings. The van der Waals surface area contributed by atoms with Crippen LogP contribution < -0.4 is 10.9 Å². The fourth-order valence-corrected chi connectivity index (χ4v) is 1.75. The Labute approximate surface area is 123 Å². The number of nitrogens with one attached hydrogen (secondary N) is 2. The fourth-order valence-electron chi connectivity index (χ4n) is 1.56. The van der Waals surface area contributed by atoms with Gasteiger partial charge in [0, 0.05) is 16.7 Å². The first-order chi connectivity index (χ1) is 9.97. The van der Waals surface area contributed by atoms with E-state index in [4.69, 9.17) is 11.6 Å². The highest BCUT2D eigenvalue weighted by Crippen LogP contribution is 2.11. The Morgan fingerprint density at radius 2 is 1.67 bits per heavy atom. The highest BCUT2D eigenvalue weighted by molar-refractivity contribution is 6.30. The van der Waals surface area contributed by atoms with Gasteiger partial charge < -0.3 is 0 Å². The molecule has 0 saturated carbocycles. The number of halogens is 3. The van der Waals surface area contributed by atoms with Crippen molar-refractivity contribution in [1.82, 2.24) is 10.9 Å². The van der Waals surface area contributed by atoms with E-state index in [1.807, 2.05) is 5.43 Å². The monoisotopic (exact) mass is 310 g/mol. The zero-order valence-corrected chi connectivity index (χ0v) is 11.2. The van der Waals surface area contributed by atoms with Crippen molar-refractivity contribution in [1.29, 1.82) is 0 Å². The Balaban J connectivity index is 2.02. The van der Waals surface area contributed by atoms with Crippen LogP contribution in [-0.4, -0.2) is 11.8 Å². The SMILES string of the molecule is O=C(NNC(=O)c1ccc(F)cc1F)c1cccc(Cl)c1. The van der Waals surface area contributed by atoms with Crippen molar-refractivity contribution in [3.05, 3.63) is 70.2 Å². The molecule has 0 unspecified atom stereocenters. The number of rotatable bonds is 2. The highest BCUT2D eigenvalue weighted by Gasteiger charge is 2.13. The van der Waals surface area contributed by atoms with Gasteiger partial charge in [0.05, 0.1) is 5.56 Å². The maximum Gasteiger partial charge on any atom is 0.272 e. The number of carbonyl (C=O) groups excluding carboxylic acids is 2. The van der Waals surface area contributed by atoms with Crippen LogP contribution in [0.3, 0.4) is 0 Å². The summed E-state index contributed by atoms with van der Waals surface area (Å²) in [5, 5.41) is 0.360. The van der Waals surface area contributed by atoms with Crippen LogP contribution in [0.15, 0.2) is 42.5 Å². The van der Waals surface area contributed by atoms with Crippen LogP contribution in [0.5, 0.6) is 0 Å². The van der Waals surface area contributed by atoms with Crippen LogP contribution in [-0.2, 0) is 0 Å². The van der Waals surface area contributed by atoms with Gasteiger partial charge in [-0.3, -0.25) is 20.4 Å². The number of hydrogen-bond donors (Lipinski definition) is 2. The van der Waals surface area contributed by atoms with Crippen molar-refractivity contribution >= 4 is 23.4 Å². The summed E-state index contributed by atoms with van der Waals surface area (Å²) in [4.78, 5) is 23.4. The highest BCUT2D eigenvalue weighted by atomic mass is 35.5. The second-order valence-electron chi connectivity index (χ2n) is 4.04. The summed E-state index contributed by atoms with van der Waals surface area (Å²) in [6.45, 7) is 0. The number of benzene rings is 2. The Kier molecular flexibility index (Phi) is 4.49. The normalized spacial score (nSPS) is 10.0. The predicted molar refractivity (Wildman–Crippen MR) is 72.7 cm³/mol. The van der Waals surface area contributed by atoms with Gasteiger partial charge >= 0.3 is 0 Å². The number of carbonyl (C=O) groups is 2. The predicted octanol–water partition coefficient (Wildman–Crippen LogP) is 2.69. The summed E-state index contributed by atoms with van der Waals surface area (Å²) in [6.07, 6.45) is 0. The molecule has 0 spiro atoms. The molecule has 2 aromatic carbocycles. The van der Waals surface area contributed by atoms with E-state index in [2.05, 4.69) is 5.43 Å². The van der Waals surface area contributed by atoms with Crippen LogP contribution in [0.25, 0.3) is 0 Å². The molecule has 2 amide bonds. The van der Waals surface area contributed by atoms with Gasteiger partial charge in [-0.05, 0) is 30.3 Å². The van der Waals surface area contributed by atoms with Crippen molar-refractivity contribution < 1.29 is 18.4 Å². The maximum absolute atomic E-state index is 13.4. The van der Waals surface area contributed by atoms with E-state index in [0.29, 0.717) is 11.1 Å². The Morgan fingerprint density at radius 1 is 0.952 bits per heavy atom. The Bertz CT molecular complexity index is 707. The Hall–Kier alpha value is -2.47. The molecule has 0 fully saturated rings. The second kappa shape index (κ2) is 6.32. The third kappa shape index (κ3) is 3.76. The summed E-state index contributed by atoms with van der Waals surface area (Å²) in [5.74, 6) is -3.34. The minimum atomic E-state index is -1.02. The molecule has 0 saturated heterocycles. The van der Waals surface area contributed by atoms with Gasteiger partial charge in [-0.15, -0.1) is 0 Å². The van der Waals surface area contributed by atoms with Crippen LogP contribution in [0.2, 0.25) is 5.02 Å². The van der Waals surface area contributed by atoms with Gasteiger partial charge in [0.2, 0.25) is 0 Å². The molecule has 0 aliphatic heterocycles. The lowest BCUT2D eigenvalue weighted by molar-refractivity contribution is 0.0844. The minimum absolute atomic E-state index is 0.224. The molecule has 0 aliphatic carbocycles. The van der Waals surface area contributed by atoms with E-state index in [1.165, 1.54) is 12.1 Å². The zero-order chi connectivity index (χ0) is 15.4. The molecule has 2 N–H and O–H groups in total. The third-order valence-electron chi connectivity index (χ3n) is 2.55. The first-order valence-electron chi connectivity index (χ1n) is 5.78. The lowest BCUT2D eigenvalue weighted by Crippen LogP contribution is -2.41. The maximum atomic E-state index is 13.4. The molecule has 21 heavy (non-hydrogen) atoms. The van der Waals surface area contributed by atoms with Gasteiger partial charge in [-0.1, -0.05) is 17.7 Å². The fraction of sp³-hybridized carbons (Fsp3) is 0. The molecule has 7 heteroatoms. The van der Waals surface area contributed by atoms with E-state index in [0.717, 1.165) is 12.1 Å². The first kappa shape index (κ1) is 14.9. The molecule has 0 heterocycles. The van der Waals surface area contributed by atoms with Crippen molar-refractivity contribution in [3.63, 3.8) is 0 Å². The average Bonchev–Trinajstić information content (AvgIpc) is 2.44. The van der Waals surface area contributed by atoms with Crippen molar-refractivity contribution in [3.8, 4) is 0 Å². The molecule has 0 aliphatic rings. The minimum Gasteiger partial charge on any atom is -0.267 e. The van der Waals surface area contributed by atoms with Gasteiger partial charge in [0.15, 0.2) is 0 Å². The third-order valence-corrected chi connectivity index (χ3v) is 2.79. The van der Waals surface area contributed by atoms with Gasteiger partial charge in [0.1, 0.15) is 11.6 Å². The van der Waals surface area contributed by atoms with E-state index in [1.54, 1.807) is 12.1 Å². The summed E-state index contributed by atoms with van der Waals surface area (Å²) >= 11 is 5.73. The molecule has 0 atom stereocenters. The van der Waals surface area contributed by atoms with E-state index >= 15 is 0 Å². The Morgan fingerprint density at radius 3 is 2.33 bits per heavy atom. The quantitative estimate of drug-likeness (QED) is 0.838. The van der Waals surface area contributed by atoms with Crippen LogP contribution in [0, 0.1) is 11.6 Å². The summed E-state index contributed by atoms with van der Waals surface area (Å²) in [7, 11) is 0. The molecule has 108 valence electrons. The first-order valence-corrected chi connectivity index (χ1v) is 6.16. The number of hydrazine groups is 1. The van der Waals surface area contributed by atoms with Gasteiger partial charge in [-0.25, -0.2) is 8.78 Å². The van der Waals surface area contributed by atoms with Crippen molar-refractivity contribution in [2.45, 2.75) is 0 Å². The average molecular weight is 311 g/mol. The standard InChI is InChI=1S/C14H9ClF2N2O2/c15-9-3-1-2-8(6-9)13(20)18-19-14(21)11-5-4-10(16)7-12(11)17/h1-7H,(H,18,20)(H,19,21). The molecular weight excluding hydrogens is 302 g/mol.